The topological polar surface area (TPSA) is 58.3 Å². The number of hydrogen-bond acceptors (Lipinski definition) is 5. The average Bonchev–Trinajstić information content (AvgIpc) is 2.37. The SMILES string of the molecule is CC(C)CN(CCN(C)C)C(CN)c1ccncn1. The van der Waals surface area contributed by atoms with E-state index in [-0.39, 0.29) is 6.04 Å². The smallest absolute Gasteiger partial charge is 0.115 e. The van der Waals surface area contributed by atoms with Crippen LogP contribution in [0.15, 0.2) is 18.6 Å². The first-order valence-corrected chi connectivity index (χ1v) is 6.89. The summed E-state index contributed by atoms with van der Waals surface area (Å²) in [6.45, 7) is 8.09. The molecular weight excluding hydrogens is 238 g/mol. The van der Waals surface area contributed by atoms with Gasteiger partial charge in [-0.15, -0.1) is 0 Å². The standard InChI is InChI=1S/C14H27N5/c1-12(2)10-19(8-7-18(3)4)14(9-15)13-5-6-16-11-17-13/h5-6,11-12,14H,7-10,15H2,1-4H3. The summed E-state index contributed by atoms with van der Waals surface area (Å²) in [4.78, 5) is 13.0. The molecule has 0 spiro atoms. The Morgan fingerprint density at radius 3 is 2.47 bits per heavy atom. The van der Waals surface area contributed by atoms with Gasteiger partial charge in [-0.3, -0.25) is 4.90 Å². The van der Waals surface area contributed by atoms with Gasteiger partial charge in [0.25, 0.3) is 0 Å². The molecule has 19 heavy (non-hydrogen) atoms. The number of nitrogens with two attached hydrogens (primary N) is 1. The highest BCUT2D eigenvalue weighted by Gasteiger charge is 2.20. The Balaban J connectivity index is 2.80. The van der Waals surface area contributed by atoms with Crippen molar-refractivity contribution in [1.29, 1.82) is 0 Å². The summed E-state index contributed by atoms with van der Waals surface area (Å²) in [5, 5.41) is 0. The summed E-state index contributed by atoms with van der Waals surface area (Å²) < 4.78 is 0. The number of rotatable bonds is 8. The molecule has 0 saturated carbocycles. The van der Waals surface area contributed by atoms with Crippen molar-refractivity contribution in [3.8, 4) is 0 Å². The largest absolute Gasteiger partial charge is 0.329 e. The van der Waals surface area contributed by atoms with Crippen LogP contribution >= 0.6 is 0 Å². The second kappa shape index (κ2) is 8.19. The van der Waals surface area contributed by atoms with Crippen molar-refractivity contribution in [2.75, 3.05) is 40.3 Å². The lowest BCUT2D eigenvalue weighted by Gasteiger charge is -2.32. The van der Waals surface area contributed by atoms with Crippen molar-refractivity contribution < 1.29 is 0 Å². The highest BCUT2D eigenvalue weighted by Crippen LogP contribution is 2.18. The molecule has 2 N–H and O–H groups in total. The van der Waals surface area contributed by atoms with E-state index in [9.17, 15) is 0 Å². The predicted octanol–water partition coefficient (Wildman–Crippen LogP) is 0.996. The van der Waals surface area contributed by atoms with Crippen molar-refractivity contribution >= 4 is 0 Å². The number of aromatic nitrogens is 2. The van der Waals surface area contributed by atoms with Crippen LogP contribution in [0.3, 0.4) is 0 Å². The Labute approximate surface area is 116 Å². The van der Waals surface area contributed by atoms with E-state index in [0.29, 0.717) is 12.5 Å². The van der Waals surface area contributed by atoms with E-state index in [0.717, 1.165) is 25.3 Å². The minimum atomic E-state index is 0.172. The summed E-state index contributed by atoms with van der Waals surface area (Å²) in [6, 6.07) is 2.13. The zero-order chi connectivity index (χ0) is 14.3. The molecule has 0 fully saturated rings. The minimum Gasteiger partial charge on any atom is -0.329 e. The molecule has 0 aliphatic heterocycles. The van der Waals surface area contributed by atoms with Crippen LogP contribution in [-0.4, -0.2) is 60.0 Å². The van der Waals surface area contributed by atoms with Gasteiger partial charge in [-0.2, -0.15) is 0 Å². The fourth-order valence-corrected chi connectivity index (χ4v) is 2.13. The molecule has 1 heterocycles. The molecule has 0 saturated heterocycles. The molecule has 0 radical (unpaired) electrons. The van der Waals surface area contributed by atoms with Gasteiger partial charge in [0.05, 0.1) is 11.7 Å². The van der Waals surface area contributed by atoms with Gasteiger partial charge in [-0.25, -0.2) is 9.97 Å². The molecule has 1 rings (SSSR count). The van der Waals surface area contributed by atoms with E-state index in [1.165, 1.54) is 0 Å². The van der Waals surface area contributed by atoms with Gasteiger partial charge in [-0.1, -0.05) is 13.8 Å². The van der Waals surface area contributed by atoms with Crippen LogP contribution in [-0.2, 0) is 0 Å². The summed E-state index contributed by atoms with van der Waals surface area (Å²) in [6.07, 6.45) is 3.38. The highest BCUT2D eigenvalue weighted by atomic mass is 15.2. The first-order valence-electron chi connectivity index (χ1n) is 6.89. The zero-order valence-corrected chi connectivity index (χ0v) is 12.6. The summed E-state index contributed by atoms with van der Waals surface area (Å²) >= 11 is 0. The van der Waals surface area contributed by atoms with Crippen molar-refractivity contribution in [3.63, 3.8) is 0 Å². The summed E-state index contributed by atoms with van der Waals surface area (Å²) in [5.41, 5.74) is 6.98. The van der Waals surface area contributed by atoms with Crippen molar-refractivity contribution in [2.45, 2.75) is 19.9 Å². The molecule has 108 valence electrons. The molecule has 5 heteroatoms. The molecule has 0 aromatic carbocycles. The number of nitrogens with zero attached hydrogens (tertiary/aromatic N) is 4. The van der Waals surface area contributed by atoms with Crippen LogP contribution in [0.25, 0.3) is 0 Å². The monoisotopic (exact) mass is 265 g/mol. The molecule has 1 aromatic heterocycles. The maximum absolute atomic E-state index is 5.97. The third-order valence-electron chi connectivity index (χ3n) is 3.04. The fourth-order valence-electron chi connectivity index (χ4n) is 2.13. The first-order chi connectivity index (χ1) is 9.04. The van der Waals surface area contributed by atoms with E-state index >= 15 is 0 Å². The van der Waals surface area contributed by atoms with Gasteiger partial charge < -0.3 is 10.6 Å². The van der Waals surface area contributed by atoms with Crippen molar-refractivity contribution in [2.24, 2.45) is 11.7 Å². The Morgan fingerprint density at radius 1 is 1.26 bits per heavy atom. The fraction of sp³-hybridized carbons (Fsp3) is 0.714. The maximum Gasteiger partial charge on any atom is 0.115 e. The number of likely N-dealkylation sites (N-methyl/N-ethyl adjacent to an activating group) is 1. The number of hydrogen-bond donors (Lipinski definition) is 1. The van der Waals surface area contributed by atoms with Crippen LogP contribution < -0.4 is 5.73 Å². The van der Waals surface area contributed by atoms with Crippen molar-refractivity contribution in [1.82, 2.24) is 19.8 Å². The van der Waals surface area contributed by atoms with Crippen LogP contribution in [0.5, 0.6) is 0 Å². The maximum atomic E-state index is 5.97. The minimum absolute atomic E-state index is 0.172. The van der Waals surface area contributed by atoms with E-state index < -0.39 is 0 Å². The van der Waals surface area contributed by atoms with Gasteiger partial charge >= 0.3 is 0 Å². The normalized spacial score (nSPS) is 13.5. The van der Waals surface area contributed by atoms with Crippen molar-refractivity contribution in [3.05, 3.63) is 24.3 Å². The molecule has 1 aromatic rings. The predicted molar refractivity (Wildman–Crippen MR) is 78.8 cm³/mol. The Kier molecular flexibility index (Phi) is 6.91. The molecule has 0 aliphatic rings. The van der Waals surface area contributed by atoms with Gasteiger partial charge in [0, 0.05) is 32.4 Å². The lowest BCUT2D eigenvalue weighted by Crippen LogP contribution is -2.40. The second-order valence-corrected chi connectivity index (χ2v) is 5.58. The Hall–Kier alpha value is -1.04. The molecular formula is C14H27N5. The van der Waals surface area contributed by atoms with Crippen LogP contribution in [0.4, 0.5) is 0 Å². The molecule has 0 bridgehead atoms. The van der Waals surface area contributed by atoms with E-state index in [2.05, 4.69) is 47.7 Å². The van der Waals surface area contributed by atoms with E-state index in [1.54, 1.807) is 12.5 Å². The van der Waals surface area contributed by atoms with Gasteiger partial charge in [-0.05, 0) is 26.1 Å². The van der Waals surface area contributed by atoms with Gasteiger partial charge in [0.15, 0.2) is 0 Å². The Bertz CT molecular complexity index is 339. The van der Waals surface area contributed by atoms with E-state index in [4.69, 9.17) is 5.73 Å². The van der Waals surface area contributed by atoms with Gasteiger partial charge in [0.2, 0.25) is 0 Å². The zero-order valence-electron chi connectivity index (χ0n) is 12.6. The first kappa shape index (κ1) is 16.0. The van der Waals surface area contributed by atoms with Crippen LogP contribution in [0.1, 0.15) is 25.6 Å². The molecule has 5 nitrogen and oxygen atoms in total. The van der Waals surface area contributed by atoms with E-state index in [1.807, 2.05) is 6.07 Å². The molecule has 1 unspecified atom stereocenters. The quantitative estimate of drug-likeness (QED) is 0.760. The third kappa shape index (κ3) is 5.63. The Morgan fingerprint density at radius 2 is 2.00 bits per heavy atom. The summed E-state index contributed by atoms with van der Waals surface area (Å²) in [7, 11) is 4.19. The van der Waals surface area contributed by atoms with Crippen LogP contribution in [0.2, 0.25) is 0 Å². The van der Waals surface area contributed by atoms with Crippen LogP contribution in [0, 0.1) is 5.92 Å². The highest BCUT2D eigenvalue weighted by molar-refractivity contribution is 5.06. The lowest BCUT2D eigenvalue weighted by molar-refractivity contribution is 0.161. The molecule has 1 atom stereocenters. The molecule has 0 amide bonds. The summed E-state index contributed by atoms with van der Waals surface area (Å²) in [5.74, 6) is 0.609. The lowest BCUT2D eigenvalue weighted by atomic mass is 10.1. The molecule has 0 aliphatic carbocycles. The average molecular weight is 265 g/mol. The second-order valence-electron chi connectivity index (χ2n) is 5.58. The van der Waals surface area contributed by atoms with Gasteiger partial charge in [0.1, 0.15) is 6.33 Å². The third-order valence-corrected chi connectivity index (χ3v) is 3.04.